The van der Waals surface area contributed by atoms with Gasteiger partial charge in [-0.05, 0) is 99.6 Å². The van der Waals surface area contributed by atoms with Crippen molar-refractivity contribution in [3.63, 3.8) is 0 Å². The van der Waals surface area contributed by atoms with Crippen molar-refractivity contribution in [1.29, 1.82) is 0 Å². The quantitative estimate of drug-likeness (QED) is 0.164. The highest BCUT2D eigenvalue weighted by Crippen LogP contribution is 2.46. The van der Waals surface area contributed by atoms with Crippen molar-refractivity contribution in [3.05, 3.63) is 212 Å². The SMILES string of the molecule is c1ccc(-c2ccccc2-c2ccccc2-c2ccccc2N(c2ccc(-c3ccc4c(c3)oc3ccccc34)cc2)c2ccc3oc4ccccc4c3c2)cc1. The largest absolute Gasteiger partial charge is 0.456 e. The van der Waals surface area contributed by atoms with Gasteiger partial charge in [-0.2, -0.15) is 0 Å². The zero-order chi connectivity index (χ0) is 37.7. The number of nitrogens with zero attached hydrogens (tertiary/aromatic N) is 1. The molecule has 9 aromatic carbocycles. The average Bonchev–Trinajstić information content (AvgIpc) is 3.85. The van der Waals surface area contributed by atoms with Crippen molar-refractivity contribution in [2.24, 2.45) is 0 Å². The Morgan fingerprint density at radius 3 is 1.49 bits per heavy atom. The van der Waals surface area contributed by atoms with Crippen LogP contribution < -0.4 is 4.90 Å². The van der Waals surface area contributed by atoms with Crippen LogP contribution in [0.3, 0.4) is 0 Å². The molecule has 0 spiro atoms. The van der Waals surface area contributed by atoms with Crippen LogP contribution in [0.15, 0.2) is 221 Å². The first-order valence-electron chi connectivity index (χ1n) is 19.3. The van der Waals surface area contributed by atoms with Crippen molar-refractivity contribution in [1.82, 2.24) is 0 Å². The Morgan fingerprint density at radius 1 is 0.263 bits per heavy atom. The number of fused-ring (bicyclic) bond motifs is 6. The Bertz CT molecular complexity index is 3240. The molecule has 0 fully saturated rings. The lowest BCUT2D eigenvalue weighted by Crippen LogP contribution is -2.11. The molecule has 11 aromatic rings. The monoisotopic (exact) mass is 729 g/mol. The maximum atomic E-state index is 6.29. The fourth-order valence-corrected chi connectivity index (χ4v) is 8.43. The molecule has 2 heterocycles. The molecule has 3 heteroatoms. The zero-order valence-electron chi connectivity index (χ0n) is 31.0. The first-order chi connectivity index (χ1) is 28.3. The molecule has 0 aliphatic rings. The molecule has 57 heavy (non-hydrogen) atoms. The molecule has 0 radical (unpaired) electrons. The summed E-state index contributed by atoms with van der Waals surface area (Å²) in [6.45, 7) is 0. The number of rotatable bonds is 7. The van der Waals surface area contributed by atoms with Gasteiger partial charge >= 0.3 is 0 Å². The minimum absolute atomic E-state index is 0.868. The first-order valence-corrected chi connectivity index (χ1v) is 19.3. The van der Waals surface area contributed by atoms with Gasteiger partial charge in [0.05, 0.1) is 5.69 Å². The van der Waals surface area contributed by atoms with Gasteiger partial charge in [0, 0.05) is 38.5 Å². The van der Waals surface area contributed by atoms with Gasteiger partial charge in [-0.15, -0.1) is 0 Å². The Kier molecular flexibility index (Phi) is 7.82. The topological polar surface area (TPSA) is 29.5 Å². The van der Waals surface area contributed by atoms with Gasteiger partial charge in [-0.1, -0.05) is 152 Å². The van der Waals surface area contributed by atoms with Gasteiger partial charge in [-0.25, -0.2) is 0 Å². The van der Waals surface area contributed by atoms with E-state index in [-0.39, 0.29) is 0 Å². The molecule has 0 saturated heterocycles. The predicted octanol–water partition coefficient (Wildman–Crippen LogP) is 15.6. The second-order valence-corrected chi connectivity index (χ2v) is 14.4. The highest BCUT2D eigenvalue weighted by atomic mass is 16.3. The molecule has 2 aromatic heterocycles. The van der Waals surface area contributed by atoms with Gasteiger partial charge in [0.25, 0.3) is 0 Å². The molecule has 0 saturated carbocycles. The molecule has 0 amide bonds. The van der Waals surface area contributed by atoms with Crippen molar-refractivity contribution in [2.75, 3.05) is 4.90 Å². The van der Waals surface area contributed by atoms with E-state index in [9.17, 15) is 0 Å². The predicted molar refractivity (Wildman–Crippen MR) is 237 cm³/mol. The highest BCUT2D eigenvalue weighted by molar-refractivity contribution is 6.08. The Labute approximate surface area is 330 Å². The summed E-state index contributed by atoms with van der Waals surface area (Å²) in [6.07, 6.45) is 0. The van der Waals surface area contributed by atoms with E-state index >= 15 is 0 Å². The smallest absolute Gasteiger partial charge is 0.136 e. The summed E-state index contributed by atoms with van der Waals surface area (Å²) in [7, 11) is 0. The lowest BCUT2D eigenvalue weighted by molar-refractivity contribution is 0.668. The lowest BCUT2D eigenvalue weighted by Gasteiger charge is -2.29. The molecule has 0 bridgehead atoms. The second-order valence-electron chi connectivity index (χ2n) is 14.4. The maximum Gasteiger partial charge on any atom is 0.136 e. The van der Waals surface area contributed by atoms with Crippen LogP contribution in [0.2, 0.25) is 0 Å². The van der Waals surface area contributed by atoms with Crippen molar-refractivity contribution < 1.29 is 8.83 Å². The molecule has 0 N–H and O–H groups in total. The fourth-order valence-electron chi connectivity index (χ4n) is 8.43. The van der Waals surface area contributed by atoms with Crippen LogP contribution in [-0.4, -0.2) is 0 Å². The average molecular weight is 730 g/mol. The van der Waals surface area contributed by atoms with E-state index in [1.54, 1.807) is 0 Å². The van der Waals surface area contributed by atoms with E-state index in [0.29, 0.717) is 0 Å². The zero-order valence-corrected chi connectivity index (χ0v) is 31.0. The van der Waals surface area contributed by atoms with E-state index < -0.39 is 0 Å². The van der Waals surface area contributed by atoms with E-state index in [2.05, 4.69) is 193 Å². The van der Waals surface area contributed by atoms with Crippen LogP contribution in [0.4, 0.5) is 17.1 Å². The maximum absolute atomic E-state index is 6.29. The van der Waals surface area contributed by atoms with Crippen LogP contribution in [0.1, 0.15) is 0 Å². The van der Waals surface area contributed by atoms with E-state index in [4.69, 9.17) is 8.83 Å². The summed E-state index contributed by atoms with van der Waals surface area (Å²) in [6, 6.07) is 75.3. The summed E-state index contributed by atoms with van der Waals surface area (Å²) in [5.41, 5.74) is 16.0. The van der Waals surface area contributed by atoms with Crippen molar-refractivity contribution in [2.45, 2.75) is 0 Å². The minimum atomic E-state index is 0.868. The third-order valence-electron chi connectivity index (χ3n) is 11.1. The molecule has 268 valence electrons. The summed E-state index contributed by atoms with van der Waals surface area (Å²) in [4.78, 5) is 2.38. The summed E-state index contributed by atoms with van der Waals surface area (Å²) in [5.74, 6) is 0. The number of hydrogen-bond acceptors (Lipinski definition) is 3. The van der Waals surface area contributed by atoms with E-state index in [0.717, 1.165) is 83.2 Å². The number of para-hydroxylation sites is 3. The molecular formula is C54H35NO2. The third-order valence-corrected chi connectivity index (χ3v) is 11.1. The van der Waals surface area contributed by atoms with Gasteiger partial charge in [0.2, 0.25) is 0 Å². The number of anilines is 3. The Hall–Kier alpha value is -7.62. The van der Waals surface area contributed by atoms with Crippen LogP contribution in [0, 0.1) is 0 Å². The van der Waals surface area contributed by atoms with Crippen molar-refractivity contribution in [3.8, 4) is 44.5 Å². The van der Waals surface area contributed by atoms with Gasteiger partial charge < -0.3 is 13.7 Å². The van der Waals surface area contributed by atoms with E-state index in [1.807, 2.05) is 24.3 Å². The minimum Gasteiger partial charge on any atom is -0.456 e. The Balaban J connectivity index is 1.08. The van der Waals surface area contributed by atoms with Crippen LogP contribution in [-0.2, 0) is 0 Å². The molecule has 3 nitrogen and oxygen atoms in total. The summed E-state index contributed by atoms with van der Waals surface area (Å²) >= 11 is 0. The van der Waals surface area contributed by atoms with Crippen LogP contribution in [0.25, 0.3) is 88.4 Å². The molecule has 0 aliphatic carbocycles. The Morgan fingerprint density at radius 2 is 0.754 bits per heavy atom. The van der Waals surface area contributed by atoms with Crippen molar-refractivity contribution >= 4 is 60.9 Å². The normalized spacial score (nSPS) is 11.5. The second kappa shape index (κ2) is 13.6. The first kappa shape index (κ1) is 32.8. The number of hydrogen-bond donors (Lipinski definition) is 0. The molecule has 11 rings (SSSR count). The molecule has 0 atom stereocenters. The van der Waals surface area contributed by atoms with E-state index in [1.165, 1.54) is 22.3 Å². The lowest BCUT2D eigenvalue weighted by atomic mass is 9.88. The molecule has 0 unspecified atom stereocenters. The molecule has 0 aliphatic heterocycles. The standard InChI is InChI=1S/C54H35NO2/c1-2-14-37(15-3-1)41-16-4-5-17-42(41)43-18-6-7-19-44(43)45-20-8-11-23-50(45)55(40-31-33-53-49(35-40)47-22-10-13-25-52(47)56-53)39-29-26-36(27-30-39)38-28-32-48-46-21-9-12-24-51(46)57-54(48)34-38/h1-35H. The van der Waals surface area contributed by atoms with Gasteiger partial charge in [0.1, 0.15) is 22.3 Å². The van der Waals surface area contributed by atoms with Gasteiger partial charge in [-0.3, -0.25) is 0 Å². The van der Waals surface area contributed by atoms with Crippen LogP contribution in [0.5, 0.6) is 0 Å². The summed E-state index contributed by atoms with van der Waals surface area (Å²) in [5, 5.41) is 4.44. The highest BCUT2D eigenvalue weighted by Gasteiger charge is 2.21. The van der Waals surface area contributed by atoms with Crippen LogP contribution >= 0.6 is 0 Å². The number of furan rings is 2. The summed E-state index contributed by atoms with van der Waals surface area (Å²) < 4.78 is 12.6. The number of benzene rings is 9. The third kappa shape index (κ3) is 5.68. The molecular weight excluding hydrogens is 695 g/mol. The fraction of sp³-hybridized carbons (Fsp3) is 0. The van der Waals surface area contributed by atoms with Gasteiger partial charge in [0.15, 0.2) is 0 Å².